The molecule has 4 heteroatoms. The molecule has 0 spiro atoms. The summed E-state index contributed by atoms with van der Waals surface area (Å²) in [5.41, 5.74) is 3.25. The lowest BCUT2D eigenvalue weighted by Gasteiger charge is -2.11. The van der Waals surface area contributed by atoms with Gasteiger partial charge in [-0.25, -0.2) is 0 Å². The summed E-state index contributed by atoms with van der Waals surface area (Å²) in [4.78, 5) is 14.5. The first-order valence-electron chi connectivity index (χ1n) is 6.82. The number of rotatable bonds is 4. The van der Waals surface area contributed by atoms with Gasteiger partial charge in [-0.3, -0.25) is 4.79 Å². The minimum atomic E-state index is 0.0144. The third kappa shape index (κ3) is 2.67. The van der Waals surface area contributed by atoms with Crippen LogP contribution in [0.5, 0.6) is 5.75 Å². The second kappa shape index (κ2) is 5.51. The lowest BCUT2D eigenvalue weighted by Crippen LogP contribution is -2.19. The Hall–Kier alpha value is -1.84. The minimum absolute atomic E-state index is 0.0144. The van der Waals surface area contributed by atoms with Gasteiger partial charge in [0, 0.05) is 22.7 Å². The Morgan fingerprint density at radius 3 is 2.38 bits per heavy atom. The van der Waals surface area contributed by atoms with E-state index in [2.05, 4.69) is 4.90 Å². The molecule has 3 nitrogen and oxygen atoms in total. The van der Waals surface area contributed by atoms with Gasteiger partial charge in [0.05, 0.1) is 0 Å². The fourth-order valence-electron chi connectivity index (χ4n) is 2.47. The van der Waals surface area contributed by atoms with Crippen molar-refractivity contribution in [2.75, 3.05) is 27.2 Å². The highest BCUT2D eigenvalue weighted by Crippen LogP contribution is 2.39. The van der Waals surface area contributed by atoms with Gasteiger partial charge in [-0.15, -0.1) is 0 Å². The van der Waals surface area contributed by atoms with Crippen molar-refractivity contribution in [3.63, 3.8) is 0 Å². The standard InChI is InChI=1S/C17H16ClNO2/c1-19(2)7-8-21-12-4-6-14-13-5-3-11(18)9-15(13)17(20)16(14)10-12/h3-6,9-10H,7-8H2,1-2H3. The van der Waals surface area contributed by atoms with E-state index >= 15 is 0 Å². The summed E-state index contributed by atoms with van der Waals surface area (Å²) in [5.74, 6) is 0.739. The smallest absolute Gasteiger partial charge is 0.194 e. The van der Waals surface area contributed by atoms with Gasteiger partial charge in [-0.2, -0.15) is 0 Å². The first kappa shape index (κ1) is 14.1. The Balaban J connectivity index is 1.89. The van der Waals surface area contributed by atoms with Gasteiger partial charge in [0.25, 0.3) is 0 Å². The number of carbonyl (C=O) groups is 1. The Morgan fingerprint density at radius 2 is 1.67 bits per heavy atom. The molecule has 0 unspecified atom stereocenters. The average molecular weight is 302 g/mol. The van der Waals surface area contributed by atoms with E-state index < -0.39 is 0 Å². The van der Waals surface area contributed by atoms with Crippen LogP contribution < -0.4 is 4.74 Å². The lowest BCUT2D eigenvalue weighted by atomic mass is 10.1. The third-order valence-corrected chi connectivity index (χ3v) is 3.79. The molecule has 0 heterocycles. The Morgan fingerprint density at radius 1 is 1.00 bits per heavy atom. The quantitative estimate of drug-likeness (QED) is 0.739. The molecule has 0 amide bonds. The largest absolute Gasteiger partial charge is 0.492 e. The SMILES string of the molecule is CN(C)CCOc1ccc2c(c1)C(=O)c1cc(Cl)ccc1-2. The van der Waals surface area contributed by atoms with E-state index in [0.717, 1.165) is 23.4 Å². The lowest BCUT2D eigenvalue weighted by molar-refractivity contribution is 0.104. The van der Waals surface area contributed by atoms with Crippen molar-refractivity contribution in [1.29, 1.82) is 0 Å². The molecule has 2 aromatic carbocycles. The summed E-state index contributed by atoms with van der Waals surface area (Å²) < 4.78 is 5.69. The highest BCUT2D eigenvalue weighted by Gasteiger charge is 2.27. The number of benzene rings is 2. The number of halogens is 1. The van der Waals surface area contributed by atoms with Crippen molar-refractivity contribution in [1.82, 2.24) is 4.90 Å². The molecule has 0 fully saturated rings. The van der Waals surface area contributed by atoms with Crippen LogP contribution in [-0.2, 0) is 0 Å². The number of hydrogen-bond donors (Lipinski definition) is 0. The highest BCUT2D eigenvalue weighted by molar-refractivity contribution is 6.32. The summed E-state index contributed by atoms with van der Waals surface area (Å²) in [6.45, 7) is 1.43. The zero-order valence-corrected chi connectivity index (χ0v) is 12.8. The van der Waals surface area contributed by atoms with Crippen LogP contribution >= 0.6 is 11.6 Å². The van der Waals surface area contributed by atoms with Crippen molar-refractivity contribution in [2.24, 2.45) is 0 Å². The maximum absolute atomic E-state index is 12.5. The number of nitrogens with zero attached hydrogens (tertiary/aromatic N) is 1. The molecule has 2 aromatic rings. The zero-order chi connectivity index (χ0) is 15.0. The van der Waals surface area contributed by atoms with Crippen LogP contribution in [0.1, 0.15) is 15.9 Å². The van der Waals surface area contributed by atoms with E-state index in [-0.39, 0.29) is 5.78 Å². The van der Waals surface area contributed by atoms with E-state index in [1.165, 1.54) is 0 Å². The Kier molecular flexibility index (Phi) is 3.70. The normalized spacial score (nSPS) is 12.5. The summed E-state index contributed by atoms with van der Waals surface area (Å²) in [7, 11) is 3.99. The molecule has 0 radical (unpaired) electrons. The number of fused-ring (bicyclic) bond motifs is 3. The van der Waals surface area contributed by atoms with Crippen molar-refractivity contribution < 1.29 is 9.53 Å². The van der Waals surface area contributed by atoms with Crippen LogP contribution in [-0.4, -0.2) is 37.9 Å². The van der Waals surface area contributed by atoms with Crippen molar-refractivity contribution in [3.05, 3.63) is 52.5 Å². The number of hydrogen-bond acceptors (Lipinski definition) is 3. The van der Waals surface area contributed by atoms with E-state index in [1.54, 1.807) is 6.07 Å². The second-order valence-electron chi connectivity index (χ2n) is 5.38. The molecule has 108 valence electrons. The number of likely N-dealkylation sites (N-methyl/N-ethyl adjacent to an activating group) is 1. The molecule has 0 aliphatic heterocycles. The Labute approximate surface area is 129 Å². The van der Waals surface area contributed by atoms with Gasteiger partial charge in [-0.05, 0) is 55.6 Å². The van der Waals surface area contributed by atoms with Crippen LogP contribution in [0, 0.1) is 0 Å². The fraction of sp³-hybridized carbons (Fsp3) is 0.235. The molecule has 0 bridgehead atoms. The molecule has 1 aliphatic rings. The van der Waals surface area contributed by atoms with Crippen LogP contribution in [0.2, 0.25) is 5.02 Å². The first-order chi connectivity index (χ1) is 10.1. The predicted molar refractivity (Wildman–Crippen MR) is 84.4 cm³/mol. The van der Waals surface area contributed by atoms with Gasteiger partial charge in [-0.1, -0.05) is 17.7 Å². The first-order valence-corrected chi connectivity index (χ1v) is 7.20. The molecule has 0 saturated carbocycles. The number of ketones is 1. The number of ether oxygens (including phenoxy) is 1. The van der Waals surface area contributed by atoms with Crippen LogP contribution in [0.25, 0.3) is 11.1 Å². The third-order valence-electron chi connectivity index (χ3n) is 3.56. The van der Waals surface area contributed by atoms with Crippen molar-refractivity contribution in [2.45, 2.75) is 0 Å². The van der Waals surface area contributed by atoms with Crippen LogP contribution in [0.15, 0.2) is 36.4 Å². The molecule has 0 aromatic heterocycles. The van der Waals surface area contributed by atoms with Gasteiger partial charge >= 0.3 is 0 Å². The molecule has 3 rings (SSSR count). The zero-order valence-electron chi connectivity index (χ0n) is 12.0. The fourth-order valence-corrected chi connectivity index (χ4v) is 2.64. The monoisotopic (exact) mass is 301 g/mol. The molecule has 0 N–H and O–H groups in total. The average Bonchev–Trinajstić information content (AvgIpc) is 2.71. The van der Waals surface area contributed by atoms with Gasteiger partial charge in [0.2, 0.25) is 0 Å². The highest BCUT2D eigenvalue weighted by atomic mass is 35.5. The summed E-state index contributed by atoms with van der Waals surface area (Å²) >= 11 is 5.98. The molecular weight excluding hydrogens is 286 g/mol. The molecular formula is C17H16ClNO2. The summed E-state index contributed by atoms with van der Waals surface area (Å²) in [5, 5.41) is 0.581. The predicted octanol–water partition coefficient (Wildman–Crippen LogP) is 3.49. The summed E-state index contributed by atoms with van der Waals surface area (Å²) in [6.07, 6.45) is 0. The van der Waals surface area contributed by atoms with Crippen molar-refractivity contribution >= 4 is 17.4 Å². The van der Waals surface area contributed by atoms with E-state index in [1.807, 2.05) is 44.4 Å². The van der Waals surface area contributed by atoms with Crippen LogP contribution in [0.4, 0.5) is 0 Å². The Bertz CT molecular complexity index is 710. The molecule has 0 atom stereocenters. The van der Waals surface area contributed by atoms with Gasteiger partial charge in [0.1, 0.15) is 12.4 Å². The van der Waals surface area contributed by atoms with E-state index in [9.17, 15) is 4.79 Å². The maximum Gasteiger partial charge on any atom is 0.194 e. The molecule has 0 saturated heterocycles. The van der Waals surface area contributed by atoms with E-state index in [0.29, 0.717) is 22.8 Å². The van der Waals surface area contributed by atoms with E-state index in [4.69, 9.17) is 16.3 Å². The van der Waals surface area contributed by atoms with Gasteiger partial charge in [0.15, 0.2) is 5.78 Å². The minimum Gasteiger partial charge on any atom is -0.492 e. The second-order valence-corrected chi connectivity index (χ2v) is 5.81. The van der Waals surface area contributed by atoms with Crippen molar-refractivity contribution in [3.8, 4) is 16.9 Å². The number of carbonyl (C=O) groups excluding carboxylic acids is 1. The molecule has 1 aliphatic carbocycles. The maximum atomic E-state index is 12.5. The molecule has 21 heavy (non-hydrogen) atoms. The topological polar surface area (TPSA) is 29.5 Å². The summed E-state index contributed by atoms with van der Waals surface area (Å²) in [6, 6.07) is 11.1. The van der Waals surface area contributed by atoms with Crippen LogP contribution in [0.3, 0.4) is 0 Å². The van der Waals surface area contributed by atoms with Gasteiger partial charge < -0.3 is 9.64 Å².